The zero-order valence-electron chi connectivity index (χ0n) is 10.7. The number of amides is 1. The topological polar surface area (TPSA) is 58.4 Å². The van der Waals surface area contributed by atoms with E-state index in [-0.39, 0.29) is 18.5 Å². The highest BCUT2D eigenvalue weighted by molar-refractivity contribution is 5.85. The van der Waals surface area contributed by atoms with Crippen molar-refractivity contribution in [3.63, 3.8) is 0 Å². The normalized spacial score (nSPS) is 32.4. The van der Waals surface area contributed by atoms with Crippen molar-refractivity contribution in [2.75, 3.05) is 13.6 Å². The summed E-state index contributed by atoms with van der Waals surface area (Å²) < 4.78 is 24.7. The lowest BCUT2D eigenvalue weighted by molar-refractivity contribution is -0.124. The molecule has 6 heteroatoms. The second-order valence-corrected chi connectivity index (χ2v) is 5.59. The summed E-state index contributed by atoms with van der Waals surface area (Å²) in [5, 5.41) is 3.32. The molecule has 4 nitrogen and oxygen atoms in total. The Balaban J connectivity index is 1.96. The number of nitrogens with zero attached hydrogens (tertiary/aromatic N) is 1. The van der Waals surface area contributed by atoms with Crippen molar-refractivity contribution in [3.8, 4) is 0 Å². The first-order valence-electron chi connectivity index (χ1n) is 6.49. The van der Waals surface area contributed by atoms with Gasteiger partial charge in [-0.3, -0.25) is 9.69 Å². The minimum atomic E-state index is -2.34. The number of nitrogens with one attached hydrogen (secondary N) is 1. The van der Waals surface area contributed by atoms with Crippen LogP contribution in [0.3, 0.4) is 0 Å². The third-order valence-corrected chi connectivity index (χ3v) is 4.07. The first-order valence-corrected chi connectivity index (χ1v) is 6.49. The minimum absolute atomic E-state index is 0.0118. The zero-order chi connectivity index (χ0) is 13.3. The van der Waals surface area contributed by atoms with Crippen molar-refractivity contribution in [1.29, 1.82) is 0 Å². The van der Waals surface area contributed by atoms with E-state index in [0.29, 0.717) is 18.9 Å². The second-order valence-electron chi connectivity index (χ2n) is 5.59. The number of nitrogens with two attached hydrogens (primary N) is 1. The molecule has 0 bridgehead atoms. The average molecular weight is 261 g/mol. The first kappa shape index (κ1) is 13.7. The number of carbonyl (C=O) groups excluding carboxylic acids is 1. The Morgan fingerprint density at radius 1 is 1.50 bits per heavy atom. The number of primary amides is 1. The molecule has 2 rings (SSSR count). The molecular formula is C12H21F2N3O. The highest BCUT2D eigenvalue weighted by Crippen LogP contribution is 2.36. The minimum Gasteiger partial charge on any atom is -0.368 e. The van der Waals surface area contributed by atoms with Crippen LogP contribution in [-0.2, 0) is 4.79 Å². The highest BCUT2D eigenvalue weighted by atomic mass is 19.3. The number of carbonyl (C=O) groups is 1. The number of halogens is 2. The van der Waals surface area contributed by atoms with Gasteiger partial charge >= 0.3 is 0 Å². The summed E-state index contributed by atoms with van der Waals surface area (Å²) in [6.07, 6.45) is 1.75. The van der Waals surface area contributed by atoms with Gasteiger partial charge in [-0.1, -0.05) is 0 Å². The molecule has 0 aromatic carbocycles. The van der Waals surface area contributed by atoms with Gasteiger partial charge in [0.25, 0.3) is 6.43 Å². The van der Waals surface area contributed by atoms with Crippen molar-refractivity contribution in [2.45, 2.75) is 56.2 Å². The van der Waals surface area contributed by atoms with Crippen LogP contribution in [0.5, 0.6) is 0 Å². The summed E-state index contributed by atoms with van der Waals surface area (Å²) in [6, 6.07) is 0.398. The fraction of sp³-hybridized carbons (Fsp3) is 0.917. The molecule has 0 aromatic heterocycles. The maximum absolute atomic E-state index is 12.4. The number of hydrogen-bond donors (Lipinski definition) is 2. The average Bonchev–Trinajstić information content (AvgIpc) is 2.94. The predicted octanol–water partition coefficient (Wildman–Crippen LogP) is 0.712. The molecule has 0 aromatic rings. The summed E-state index contributed by atoms with van der Waals surface area (Å²) >= 11 is 0. The van der Waals surface area contributed by atoms with Crippen LogP contribution in [0.25, 0.3) is 0 Å². The summed E-state index contributed by atoms with van der Waals surface area (Å²) in [5.74, 6) is -0.345. The molecule has 0 saturated heterocycles. The Morgan fingerprint density at radius 2 is 2.17 bits per heavy atom. The fourth-order valence-electron chi connectivity index (χ4n) is 2.81. The third kappa shape index (κ3) is 2.98. The summed E-state index contributed by atoms with van der Waals surface area (Å²) in [5.41, 5.74) is 4.83. The molecule has 1 amide bonds. The van der Waals surface area contributed by atoms with E-state index in [0.717, 1.165) is 19.3 Å². The van der Waals surface area contributed by atoms with Gasteiger partial charge in [0.15, 0.2) is 0 Å². The van der Waals surface area contributed by atoms with Crippen molar-refractivity contribution < 1.29 is 13.6 Å². The van der Waals surface area contributed by atoms with Gasteiger partial charge in [0.1, 0.15) is 0 Å². The van der Waals surface area contributed by atoms with E-state index in [2.05, 4.69) is 5.32 Å². The van der Waals surface area contributed by atoms with E-state index in [1.54, 1.807) is 11.9 Å². The van der Waals surface area contributed by atoms with Gasteiger partial charge in [-0.15, -0.1) is 0 Å². The quantitative estimate of drug-likeness (QED) is 0.740. The van der Waals surface area contributed by atoms with Crippen molar-refractivity contribution >= 4 is 5.91 Å². The van der Waals surface area contributed by atoms with Gasteiger partial charge in [0.05, 0.1) is 12.1 Å². The van der Waals surface area contributed by atoms with Crippen molar-refractivity contribution in [1.82, 2.24) is 10.2 Å². The van der Waals surface area contributed by atoms with Gasteiger partial charge in [-0.25, -0.2) is 8.78 Å². The Kier molecular flexibility index (Phi) is 3.87. The van der Waals surface area contributed by atoms with E-state index in [1.165, 1.54) is 0 Å². The SMILES string of the molecule is CN(CC(F)F)C1CCC(NC2CC2)(C(N)=O)C1. The van der Waals surface area contributed by atoms with Gasteiger partial charge in [-0.2, -0.15) is 0 Å². The number of rotatable bonds is 6. The molecule has 0 heterocycles. The summed E-state index contributed by atoms with van der Waals surface area (Å²) in [4.78, 5) is 13.3. The third-order valence-electron chi connectivity index (χ3n) is 4.07. The zero-order valence-corrected chi connectivity index (χ0v) is 10.7. The highest BCUT2D eigenvalue weighted by Gasteiger charge is 2.47. The van der Waals surface area contributed by atoms with Crippen LogP contribution in [0.2, 0.25) is 0 Å². The molecule has 2 saturated carbocycles. The van der Waals surface area contributed by atoms with Gasteiger partial charge in [0, 0.05) is 12.1 Å². The monoisotopic (exact) mass is 261 g/mol. The molecule has 0 spiro atoms. The van der Waals surface area contributed by atoms with Crippen LogP contribution in [0.15, 0.2) is 0 Å². The largest absolute Gasteiger partial charge is 0.368 e. The predicted molar refractivity (Wildman–Crippen MR) is 64.4 cm³/mol. The smallest absolute Gasteiger partial charge is 0.251 e. The second kappa shape index (κ2) is 5.09. The Bertz CT molecular complexity index is 322. The molecule has 2 aliphatic carbocycles. The first-order chi connectivity index (χ1) is 8.43. The van der Waals surface area contributed by atoms with Crippen LogP contribution >= 0.6 is 0 Å². The van der Waals surface area contributed by atoms with Gasteiger partial charge in [-0.05, 0) is 39.2 Å². The standard InChI is InChI=1S/C12H21F2N3O/c1-17(7-10(13)14)9-4-5-12(6-9,11(15)18)16-8-2-3-8/h8-10,16H,2-7H2,1H3,(H2,15,18). The van der Waals surface area contributed by atoms with Gasteiger partial charge < -0.3 is 11.1 Å². The molecule has 0 aliphatic heterocycles. The maximum Gasteiger partial charge on any atom is 0.251 e. The number of hydrogen-bond acceptors (Lipinski definition) is 3. The van der Waals surface area contributed by atoms with E-state index < -0.39 is 12.0 Å². The Hall–Kier alpha value is -0.750. The molecule has 0 radical (unpaired) electrons. The lowest BCUT2D eigenvalue weighted by atomic mass is 9.96. The van der Waals surface area contributed by atoms with Crippen LogP contribution in [0.1, 0.15) is 32.1 Å². The number of alkyl halides is 2. The molecule has 104 valence electrons. The molecule has 2 atom stereocenters. The van der Waals surface area contributed by atoms with E-state index in [1.807, 2.05) is 0 Å². The maximum atomic E-state index is 12.4. The van der Waals surface area contributed by atoms with E-state index in [4.69, 9.17) is 5.73 Å². The molecule has 2 aliphatic rings. The summed E-state index contributed by atoms with van der Waals surface area (Å²) in [7, 11) is 1.69. The van der Waals surface area contributed by atoms with E-state index in [9.17, 15) is 13.6 Å². The van der Waals surface area contributed by atoms with Crippen molar-refractivity contribution in [2.24, 2.45) is 5.73 Å². The van der Waals surface area contributed by atoms with Crippen LogP contribution in [-0.4, -0.2) is 48.4 Å². The lowest BCUT2D eigenvalue weighted by Crippen LogP contribution is -2.55. The molecule has 3 N–H and O–H groups in total. The Morgan fingerprint density at radius 3 is 2.67 bits per heavy atom. The lowest BCUT2D eigenvalue weighted by Gasteiger charge is -2.29. The Labute approximate surface area is 106 Å². The fourth-order valence-corrected chi connectivity index (χ4v) is 2.81. The van der Waals surface area contributed by atoms with Crippen molar-refractivity contribution in [3.05, 3.63) is 0 Å². The molecule has 2 fully saturated rings. The van der Waals surface area contributed by atoms with E-state index >= 15 is 0 Å². The summed E-state index contributed by atoms with van der Waals surface area (Å²) in [6.45, 7) is -0.247. The molecule has 18 heavy (non-hydrogen) atoms. The molecular weight excluding hydrogens is 240 g/mol. The molecule has 2 unspecified atom stereocenters. The van der Waals surface area contributed by atoms with Gasteiger partial charge in [0.2, 0.25) is 5.91 Å². The van der Waals surface area contributed by atoms with Crippen LogP contribution < -0.4 is 11.1 Å². The van der Waals surface area contributed by atoms with Crippen LogP contribution in [0.4, 0.5) is 8.78 Å². The van der Waals surface area contributed by atoms with Crippen LogP contribution in [0, 0.1) is 0 Å².